The van der Waals surface area contributed by atoms with Crippen LogP contribution in [-0.4, -0.2) is 25.3 Å². The highest BCUT2D eigenvalue weighted by atomic mass is 79.9. The van der Waals surface area contributed by atoms with Crippen LogP contribution in [0.25, 0.3) is 5.52 Å². The number of H-pyrrole nitrogens is 2. The monoisotopic (exact) mass is 391 g/mol. The normalized spacial score (nSPS) is 11.8. The first-order valence-corrected chi connectivity index (χ1v) is 8.27. The fourth-order valence-corrected chi connectivity index (χ4v) is 2.75. The Morgan fingerprint density at radius 2 is 2.08 bits per heavy atom. The van der Waals surface area contributed by atoms with Gasteiger partial charge in [-0.1, -0.05) is 20.8 Å². The van der Waals surface area contributed by atoms with Gasteiger partial charge in [-0.25, -0.2) is 9.78 Å². The Bertz CT molecular complexity index is 961. The van der Waals surface area contributed by atoms with E-state index in [9.17, 15) is 9.59 Å². The second-order valence-electron chi connectivity index (χ2n) is 6.63. The number of rotatable bonds is 3. The third kappa shape index (κ3) is 3.28. The van der Waals surface area contributed by atoms with Crippen molar-refractivity contribution in [3.05, 3.63) is 56.7 Å². The number of carbonyl (C=O) groups is 1. The average molecular weight is 392 g/mol. The number of hydrogen-bond acceptors (Lipinski definition) is 3. The number of aromatic amines is 2. The minimum Gasteiger partial charge on any atom is -0.345 e. The molecule has 0 aromatic carbocycles. The molecule has 0 radical (unpaired) electrons. The molecule has 0 aliphatic rings. The van der Waals surface area contributed by atoms with Crippen molar-refractivity contribution in [2.45, 2.75) is 32.7 Å². The first-order valence-electron chi connectivity index (χ1n) is 7.47. The molecule has 3 rings (SSSR count). The number of amides is 1. The van der Waals surface area contributed by atoms with Crippen molar-refractivity contribution in [2.75, 3.05) is 0 Å². The molecule has 1 amide bonds. The number of carbonyl (C=O) groups excluding carboxylic acids is 1. The van der Waals surface area contributed by atoms with Crippen molar-refractivity contribution in [2.24, 2.45) is 0 Å². The van der Waals surface area contributed by atoms with Crippen molar-refractivity contribution in [3.8, 4) is 0 Å². The predicted molar refractivity (Wildman–Crippen MR) is 94.2 cm³/mol. The Hall–Kier alpha value is -2.35. The molecule has 0 aliphatic carbocycles. The molecular weight excluding hydrogens is 374 g/mol. The Balaban J connectivity index is 1.75. The van der Waals surface area contributed by atoms with Gasteiger partial charge in [-0.3, -0.25) is 9.20 Å². The van der Waals surface area contributed by atoms with E-state index >= 15 is 0 Å². The van der Waals surface area contributed by atoms with Crippen molar-refractivity contribution < 1.29 is 4.79 Å². The summed E-state index contributed by atoms with van der Waals surface area (Å²) in [5.74, 6) is 0.512. The summed E-state index contributed by atoms with van der Waals surface area (Å²) in [4.78, 5) is 34.4. The van der Waals surface area contributed by atoms with E-state index in [-0.39, 0.29) is 22.7 Å². The maximum absolute atomic E-state index is 12.3. The molecule has 0 saturated carbocycles. The fourth-order valence-electron chi connectivity index (χ4n) is 2.32. The molecule has 24 heavy (non-hydrogen) atoms. The minimum atomic E-state index is -0.361. The Morgan fingerprint density at radius 3 is 2.75 bits per heavy atom. The van der Waals surface area contributed by atoms with Gasteiger partial charge in [0.25, 0.3) is 5.91 Å². The summed E-state index contributed by atoms with van der Waals surface area (Å²) in [5, 5.41) is 2.78. The lowest BCUT2D eigenvalue weighted by atomic mass is 9.96. The molecule has 7 nitrogen and oxygen atoms in total. The van der Waals surface area contributed by atoms with Crippen LogP contribution in [0.1, 0.15) is 42.8 Å². The zero-order valence-electron chi connectivity index (χ0n) is 13.6. The predicted octanol–water partition coefficient (Wildman–Crippen LogP) is 2.34. The lowest BCUT2D eigenvalue weighted by Gasteiger charge is -2.14. The fraction of sp³-hybridized carbons (Fsp3) is 0.312. The van der Waals surface area contributed by atoms with Crippen LogP contribution in [0.4, 0.5) is 0 Å². The number of imidazole rings is 1. The molecule has 3 heterocycles. The topological polar surface area (TPSA) is 95.1 Å². The Labute approximate surface area is 146 Å². The van der Waals surface area contributed by atoms with Gasteiger partial charge in [-0.05, 0) is 28.1 Å². The summed E-state index contributed by atoms with van der Waals surface area (Å²) in [6.45, 7) is 6.48. The van der Waals surface area contributed by atoms with Crippen molar-refractivity contribution in [1.29, 1.82) is 0 Å². The van der Waals surface area contributed by atoms with Crippen LogP contribution in [0.2, 0.25) is 0 Å². The smallest absolute Gasteiger partial charge is 0.330 e. The summed E-state index contributed by atoms with van der Waals surface area (Å²) in [5.41, 5.74) is 1.23. The number of halogens is 1. The van der Waals surface area contributed by atoms with Gasteiger partial charge in [0.1, 0.15) is 11.5 Å². The molecule has 0 unspecified atom stereocenters. The molecule has 126 valence electrons. The van der Waals surface area contributed by atoms with Gasteiger partial charge >= 0.3 is 5.69 Å². The number of fused-ring (bicyclic) bond motifs is 1. The molecule has 0 fully saturated rings. The lowest BCUT2D eigenvalue weighted by molar-refractivity contribution is 0.0945. The average Bonchev–Trinajstić information content (AvgIpc) is 3.10. The van der Waals surface area contributed by atoms with E-state index < -0.39 is 0 Å². The summed E-state index contributed by atoms with van der Waals surface area (Å²) < 4.78 is 2.21. The standard InChI is InChI=1S/C16H18BrN5O2/c1-16(2,3)14-19-7-10(20-14)6-18-13(23)12-5-11-4-9(17)8-22(11)15(24)21-12/h4-5,7-8H,6H2,1-3H3,(H,18,23)(H,19,20)(H,21,24). The van der Waals surface area contributed by atoms with E-state index in [0.29, 0.717) is 12.1 Å². The van der Waals surface area contributed by atoms with Crippen molar-refractivity contribution >= 4 is 27.4 Å². The van der Waals surface area contributed by atoms with Gasteiger partial charge in [0, 0.05) is 16.1 Å². The maximum Gasteiger partial charge on any atom is 0.330 e. The largest absolute Gasteiger partial charge is 0.345 e. The maximum atomic E-state index is 12.3. The van der Waals surface area contributed by atoms with E-state index in [1.54, 1.807) is 24.5 Å². The number of nitrogens with zero attached hydrogens (tertiary/aromatic N) is 2. The quantitative estimate of drug-likeness (QED) is 0.639. The van der Waals surface area contributed by atoms with Gasteiger partial charge in [0.05, 0.1) is 24.0 Å². The third-order valence-electron chi connectivity index (χ3n) is 3.59. The van der Waals surface area contributed by atoms with Crippen LogP contribution in [0.3, 0.4) is 0 Å². The van der Waals surface area contributed by atoms with Crippen LogP contribution in [0, 0.1) is 0 Å². The number of nitrogens with one attached hydrogen (secondary N) is 3. The SMILES string of the molecule is CC(C)(C)c1ncc(CNC(=O)c2cc3cc(Br)cn3c(=O)[nH]2)[nH]1. The van der Waals surface area contributed by atoms with E-state index in [2.05, 4.69) is 57.0 Å². The molecule has 0 saturated heterocycles. The minimum absolute atomic E-state index is 0.0824. The van der Waals surface area contributed by atoms with Gasteiger partial charge in [0.2, 0.25) is 0 Å². The van der Waals surface area contributed by atoms with Crippen LogP contribution in [0.5, 0.6) is 0 Å². The molecule has 3 aromatic heterocycles. The molecule has 0 spiro atoms. The third-order valence-corrected chi connectivity index (χ3v) is 4.03. The lowest BCUT2D eigenvalue weighted by Crippen LogP contribution is -2.28. The van der Waals surface area contributed by atoms with E-state index in [1.165, 1.54) is 4.40 Å². The Morgan fingerprint density at radius 1 is 1.33 bits per heavy atom. The molecule has 3 N–H and O–H groups in total. The van der Waals surface area contributed by atoms with Crippen LogP contribution < -0.4 is 11.0 Å². The van der Waals surface area contributed by atoms with E-state index in [0.717, 1.165) is 16.0 Å². The first kappa shape index (κ1) is 16.5. The summed E-state index contributed by atoms with van der Waals surface area (Å²) in [6, 6.07) is 3.41. The summed E-state index contributed by atoms with van der Waals surface area (Å²) in [7, 11) is 0. The first-order chi connectivity index (χ1) is 11.2. The molecule has 3 aromatic rings. The van der Waals surface area contributed by atoms with E-state index in [1.807, 2.05) is 0 Å². The highest BCUT2D eigenvalue weighted by Gasteiger charge is 2.17. The van der Waals surface area contributed by atoms with Gasteiger partial charge in [0.15, 0.2) is 0 Å². The molecule has 0 bridgehead atoms. The van der Waals surface area contributed by atoms with Gasteiger partial charge < -0.3 is 15.3 Å². The van der Waals surface area contributed by atoms with Gasteiger partial charge in [-0.2, -0.15) is 0 Å². The van der Waals surface area contributed by atoms with Crippen LogP contribution >= 0.6 is 15.9 Å². The zero-order chi connectivity index (χ0) is 17.5. The van der Waals surface area contributed by atoms with Crippen LogP contribution in [-0.2, 0) is 12.0 Å². The molecule has 0 aliphatic heterocycles. The molecule has 0 atom stereocenters. The highest BCUT2D eigenvalue weighted by Crippen LogP contribution is 2.18. The number of aromatic nitrogens is 4. The van der Waals surface area contributed by atoms with Crippen molar-refractivity contribution in [1.82, 2.24) is 24.7 Å². The second kappa shape index (κ2) is 5.94. The summed E-state index contributed by atoms with van der Waals surface area (Å²) in [6.07, 6.45) is 3.35. The van der Waals surface area contributed by atoms with Crippen LogP contribution in [0.15, 0.2) is 33.8 Å². The summed E-state index contributed by atoms with van der Waals surface area (Å²) >= 11 is 3.31. The molecular formula is C16H18BrN5O2. The van der Waals surface area contributed by atoms with Crippen molar-refractivity contribution in [3.63, 3.8) is 0 Å². The van der Waals surface area contributed by atoms with Gasteiger partial charge in [-0.15, -0.1) is 0 Å². The zero-order valence-corrected chi connectivity index (χ0v) is 15.2. The molecule has 8 heteroatoms. The highest BCUT2D eigenvalue weighted by molar-refractivity contribution is 9.10. The number of hydrogen-bond donors (Lipinski definition) is 3. The second-order valence-corrected chi connectivity index (χ2v) is 7.55. The van der Waals surface area contributed by atoms with E-state index in [4.69, 9.17) is 0 Å². The Kier molecular flexibility index (Phi) is 4.08.